The van der Waals surface area contributed by atoms with Crippen LogP contribution in [-0.2, 0) is 11.3 Å². The number of rotatable bonds is 5. The van der Waals surface area contributed by atoms with E-state index in [1.54, 1.807) is 6.20 Å². The third-order valence-corrected chi connectivity index (χ3v) is 1.62. The van der Waals surface area contributed by atoms with Crippen molar-refractivity contribution in [3.8, 4) is 0 Å². The number of hydrogen-bond donors (Lipinski definition) is 0. The van der Waals surface area contributed by atoms with E-state index in [4.69, 9.17) is 4.74 Å². The van der Waals surface area contributed by atoms with Gasteiger partial charge in [0.05, 0.1) is 12.8 Å². The van der Waals surface area contributed by atoms with Crippen LogP contribution in [0.15, 0.2) is 25.3 Å². The highest BCUT2D eigenvalue weighted by Crippen LogP contribution is 1.83. The maximum Gasteiger partial charge on any atom is 0.248 e. The van der Waals surface area contributed by atoms with Gasteiger partial charge >= 0.3 is 0 Å². The van der Waals surface area contributed by atoms with E-state index in [-0.39, 0.29) is 12.4 Å². The van der Waals surface area contributed by atoms with Gasteiger partial charge in [-0.15, -0.1) is 0 Å². The summed E-state index contributed by atoms with van der Waals surface area (Å²) in [5.41, 5.74) is 0. The lowest BCUT2D eigenvalue weighted by molar-refractivity contribution is -0.697. The molecular weight excluding hydrogens is 188 g/mol. The van der Waals surface area contributed by atoms with Crippen LogP contribution in [0.25, 0.3) is 6.20 Å². The van der Waals surface area contributed by atoms with Crippen LogP contribution in [0, 0.1) is 0 Å². The zero-order valence-electron chi connectivity index (χ0n) is 7.82. The maximum absolute atomic E-state index is 5.22. The van der Waals surface area contributed by atoms with Gasteiger partial charge in [-0.3, -0.25) is 0 Å². The van der Waals surface area contributed by atoms with Crippen molar-refractivity contribution in [2.24, 2.45) is 0 Å². The molecule has 0 fully saturated rings. The SMILES string of the molecule is C=Cn1cc[n+](CCOCC)c1.[Cl-]. The molecule has 0 radical (unpaired) electrons. The fourth-order valence-electron chi connectivity index (χ4n) is 0.965. The first-order valence-electron chi connectivity index (χ1n) is 4.13. The fraction of sp³-hybridized carbons (Fsp3) is 0.444. The van der Waals surface area contributed by atoms with E-state index >= 15 is 0 Å². The molecule has 0 spiro atoms. The Kier molecular flexibility index (Phi) is 6.28. The van der Waals surface area contributed by atoms with Crippen molar-refractivity contribution in [2.45, 2.75) is 13.5 Å². The fourth-order valence-corrected chi connectivity index (χ4v) is 0.965. The molecule has 0 atom stereocenters. The quantitative estimate of drug-likeness (QED) is 0.396. The van der Waals surface area contributed by atoms with Crippen LogP contribution in [0.2, 0.25) is 0 Å². The van der Waals surface area contributed by atoms with Crippen LogP contribution in [0.4, 0.5) is 0 Å². The van der Waals surface area contributed by atoms with Crippen LogP contribution in [-0.4, -0.2) is 17.8 Å². The molecule has 0 aliphatic rings. The van der Waals surface area contributed by atoms with E-state index in [0.717, 1.165) is 19.8 Å². The smallest absolute Gasteiger partial charge is 0.248 e. The van der Waals surface area contributed by atoms with Crippen molar-refractivity contribution in [1.29, 1.82) is 0 Å². The minimum atomic E-state index is 0. The first-order valence-corrected chi connectivity index (χ1v) is 4.13. The second-order valence-corrected chi connectivity index (χ2v) is 2.48. The maximum atomic E-state index is 5.22. The number of halogens is 1. The Labute approximate surface area is 85.0 Å². The summed E-state index contributed by atoms with van der Waals surface area (Å²) >= 11 is 0. The van der Waals surface area contributed by atoms with Gasteiger partial charge in [-0.05, 0) is 6.92 Å². The van der Waals surface area contributed by atoms with Crippen molar-refractivity contribution < 1.29 is 21.7 Å². The van der Waals surface area contributed by atoms with Crippen LogP contribution >= 0.6 is 0 Å². The molecule has 3 nitrogen and oxygen atoms in total. The molecule has 0 N–H and O–H groups in total. The first-order chi connectivity index (χ1) is 5.86. The molecule has 1 heterocycles. The summed E-state index contributed by atoms with van der Waals surface area (Å²) in [6, 6.07) is 0. The zero-order valence-corrected chi connectivity index (χ0v) is 8.57. The third kappa shape index (κ3) is 4.10. The Balaban J connectivity index is 0.00000144. The summed E-state index contributed by atoms with van der Waals surface area (Å²) in [7, 11) is 0. The first kappa shape index (κ1) is 12.2. The molecule has 0 unspecified atom stereocenters. The number of aromatic nitrogens is 2. The van der Waals surface area contributed by atoms with Crippen LogP contribution in [0.1, 0.15) is 6.92 Å². The molecule has 74 valence electrons. The normalized spacial score (nSPS) is 9.31. The van der Waals surface area contributed by atoms with Gasteiger partial charge in [0.2, 0.25) is 6.33 Å². The highest BCUT2D eigenvalue weighted by atomic mass is 35.5. The summed E-state index contributed by atoms with van der Waals surface area (Å²) in [5, 5.41) is 0. The van der Waals surface area contributed by atoms with Crippen molar-refractivity contribution >= 4 is 6.20 Å². The Morgan fingerprint density at radius 2 is 2.38 bits per heavy atom. The van der Waals surface area contributed by atoms with Crippen molar-refractivity contribution in [3.05, 3.63) is 25.3 Å². The van der Waals surface area contributed by atoms with Gasteiger partial charge in [-0.2, -0.15) is 0 Å². The summed E-state index contributed by atoms with van der Waals surface area (Å²) in [6.45, 7) is 8.10. The van der Waals surface area contributed by atoms with Gasteiger partial charge in [0.25, 0.3) is 0 Å². The average Bonchev–Trinajstić information content (AvgIpc) is 2.53. The van der Waals surface area contributed by atoms with E-state index in [9.17, 15) is 0 Å². The minimum absolute atomic E-state index is 0. The number of ether oxygens (including phenoxy) is 1. The van der Waals surface area contributed by atoms with Crippen LogP contribution < -0.4 is 17.0 Å². The van der Waals surface area contributed by atoms with Gasteiger partial charge in [0.1, 0.15) is 18.9 Å². The van der Waals surface area contributed by atoms with E-state index < -0.39 is 0 Å². The Hall–Kier alpha value is -0.800. The van der Waals surface area contributed by atoms with Gasteiger partial charge < -0.3 is 17.1 Å². The van der Waals surface area contributed by atoms with Gasteiger partial charge in [0, 0.05) is 6.61 Å². The van der Waals surface area contributed by atoms with Gasteiger partial charge in [0.15, 0.2) is 0 Å². The Morgan fingerprint density at radius 3 is 2.92 bits per heavy atom. The minimum Gasteiger partial charge on any atom is -1.00 e. The molecule has 13 heavy (non-hydrogen) atoms. The second-order valence-electron chi connectivity index (χ2n) is 2.48. The topological polar surface area (TPSA) is 18.0 Å². The summed E-state index contributed by atoms with van der Waals surface area (Å²) in [6.07, 6.45) is 7.70. The van der Waals surface area contributed by atoms with E-state index in [1.165, 1.54) is 0 Å². The molecule has 1 aromatic heterocycles. The van der Waals surface area contributed by atoms with Crippen molar-refractivity contribution in [1.82, 2.24) is 4.57 Å². The number of nitrogens with zero attached hydrogens (tertiary/aromatic N) is 2. The molecule has 0 aliphatic carbocycles. The predicted molar refractivity (Wildman–Crippen MR) is 47.5 cm³/mol. The lowest BCUT2D eigenvalue weighted by atomic mass is 10.6. The lowest BCUT2D eigenvalue weighted by Crippen LogP contribution is -3.00. The molecule has 0 aliphatic heterocycles. The van der Waals surface area contributed by atoms with Gasteiger partial charge in [-0.1, -0.05) is 6.58 Å². The van der Waals surface area contributed by atoms with Crippen molar-refractivity contribution in [2.75, 3.05) is 13.2 Å². The molecule has 0 saturated heterocycles. The average molecular weight is 203 g/mol. The summed E-state index contributed by atoms with van der Waals surface area (Å²) in [5.74, 6) is 0. The van der Waals surface area contributed by atoms with E-state index in [1.807, 2.05) is 30.2 Å². The van der Waals surface area contributed by atoms with Crippen molar-refractivity contribution in [3.63, 3.8) is 0 Å². The summed E-state index contributed by atoms with van der Waals surface area (Å²) < 4.78 is 9.20. The van der Waals surface area contributed by atoms with E-state index in [0.29, 0.717) is 0 Å². The standard InChI is InChI=1S/C9H15N2O.ClH/c1-3-10-5-6-11(9-10)7-8-12-4-2;/h3,5-6,9H,1,4,7-8H2,2H3;1H/q+1;/p-1. The monoisotopic (exact) mass is 202 g/mol. The molecule has 0 saturated carbocycles. The molecule has 0 amide bonds. The molecule has 4 heteroatoms. The van der Waals surface area contributed by atoms with E-state index in [2.05, 4.69) is 11.1 Å². The zero-order chi connectivity index (χ0) is 8.81. The lowest BCUT2D eigenvalue weighted by Gasteiger charge is -1.96. The predicted octanol–water partition coefficient (Wildman–Crippen LogP) is -2.08. The van der Waals surface area contributed by atoms with Gasteiger partial charge in [-0.25, -0.2) is 9.13 Å². The second kappa shape index (κ2) is 6.69. The largest absolute Gasteiger partial charge is 1.00 e. The molecule has 1 rings (SSSR count). The Bertz CT molecular complexity index is 248. The molecule has 0 aromatic carbocycles. The number of hydrogen-bond acceptors (Lipinski definition) is 1. The molecule has 0 bridgehead atoms. The van der Waals surface area contributed by atoms with Crippen LogP contribution in [0.5, 0.6) is 0 Å². The molecule has 1 aromatic rings. The Morgan fingerprint density at radius 1 is 1.62 bits per heavy atom. The highest BCUT2D eigenvalue weighted by Gasteiger charge is 1.98. The number of imidazole rings is 1. The third-order valence-electron chi connectivity index (χ3n) is 1.62. The molecular formula is C9H15ClN2O. The highest BCUT2D eigenvalue weighted by molar-refractivity contribution is 5.12. The van der Waals surface area contributed by atoms with Crippen LogP contribution in [0.3, 0.4) is 0 Å². The summed E-state index contributed by atoms with van der Waals surface area (Å²) in [4.78, 5) is 0.